The fraction of sp³-hybridized carbons (Fsp3) is 0.158. The Bertz CT molecular complexity index is 994. The number of aromatic nitrogens is 2. The summed E-state index contributed by atoms with van der Waals surface area (Å²) >= 11 is 2.49. The van der Waals surface area contributed by atoms with Gasteiger partial charge in [-0.3, -0.25) is 14.9 Å². The maximum Gasteiger partial charge on any atom is 0.270 e. The van der Waals surface area contributed by atoms with Gasteiger partial charge in [0.2, 0.25) is 11.2 Å². The fourth-order valence-corrected chi connectivity index (χ4v) is 4.14. The van der Waals surface area contributed by atoms with Crippen LogP contribution in [0.3, 0.4) is 0 Å². The van der Waals surface area contributed by atoms with Crippen LogP contribution in [-0.2, 0) is 4.79 Å². The van der Waals surface area contributed by atoms with Crippen LogP contribution in [0.4, 0.5) is 5.13 Å². The second-order valence-electron chi connectivity index (χ2n) is 5.80. The van der Waals surface area contributed by atoms with Gasteiger partial charge in [0.25, 0.3) is 5.91 Å². The first kappa shape index (κ1) is 18.5. The highest BCUT2D eigenvalue weighted by Gasteiger charge is 2.28. The van der Waals surface area contributed by atoms with Crippen molar-refractivity contribution in [1.29, 1.82) is 0 Å². The molecule has 0 radical (unpaired) electrons. The zero-order chi connectivity index (χ0) is 19.3. The number of rotatable bonds is 6. The number of hydrogen-bond donors (Lipinski definition) is 1. The number of nitrogens with one attached hydrogen (secondary N) is 1. The van der Waals surface area contributed by atoms with E-state index in [1.54, 1.807) is 24.3 Å². The van der Waals surface area contributed by atoms with Gasteiger partial charge in [0.1, 0.15) is 6.61 Å². The lowest BCUT2D eigenvalue weighted by molar-refractivity contribution is -0.125. The molecule has 1 amide bonds. The van der Waals surface area contributed by atoms with E-state index in [4.69, 9.17) is 9.47 Å². The predicted molar refractivity (Wildman–Crippen MR) is 106 cm³/mol. The van der Waals surface area contributed by atoms with Gasteiger partial charge >= 0.3 is 0 Å². The van der Waals surface area contributed by atoms with E-state index in [1.807, 2.05) is 30.3 Å². The lowest BCUT2D eigenvalue weighted by Gasteiger charge is -2.25. The number of anilines is 1. The molecule has 0 saturated heterocycles. The standard InChI is InChI=1S/C19H15N3O4S2/c23-13(12-6-2-1-3-7-12)11-27-19-22-21-18(28-19)20-17(24)16-10-25-14-8-4-5-9-15(14)26-16/h1-9,16H,10-11H2,(H,20,21,24)/t16-/m1/s1. The summed E-state index contributed by atoms with van der Waals surface area (Å²) in [6, 6.07) is 16.3. The monoisotopic (exact) mass is 413 g/mol. The summed E-state index contributed by atoms with van der Waals surface area (Å²) in [5.74, 6) is 1.05. The number of para-hydroxylation sites is 2. The molecule has 1 N–H and O–H groups in total. The van der Waals surface area contributed by atoms with E-state index in [-0.39, 0.29) is 24.1 Å². The highest BCUT2D eigenvalue weighted by molar-refractivity contribution is 8.01. The predicted octanol–water partition coefficient (Wildman–Crippen LogP) is 3.29. The SMILES string of the molecule is O=C(CSc1nnc(NC(=O)[C@H]2COc3ccccc3O2)s1)c1ccccc1. The zero-order valence-corrected chi connectivity index (χ0v) is 16.2. The molecule has 9 heteroatoms. The number of ether oxygens (including phenoxy) is 2. The van der Waals surface area contributed by atoms with Crippen molar-refractivity contribution in [3.05, 3.63) is 60.2 Å². The molecule has 7 nitrogen and oxygen atoms in total. The first-order valence-corrected chi connectivity index (χ1v) is 10.2. The van der Waals surface area contributed by atoms with Crippen molar-refractivity contribution in [2.24, 2.45) is 0 Å². The normalized spacial score (nSPS) is 15.1. The number of thioether (sulfide) groups is 1. The number of amides is 1. The van der Waals surface area contributed by atoms with Gasteiger partial charge in [-0.1, -0.05) is 65.6 Å². The van der Waals surface area contributed by atoms with Crippen molar-refractivity contribution >= 4 is 39.9 Å². The van der Waals surface area contributed by atoms with Crippen molar-refractivity contribution in [3.8, 4) is 11.5 Å². The average molecular weight is 413 g/mol. The van der Waals surface area contributed by atoms with Crippen LogP contribution in [0, 0.1) is 0 Å². The molecule has 1 aliphatic rings. The number of Topliss-reactive ketones (excluding diaryl/α,β-unsaturated/α-hetero) is 1. The van der Waals surface area contributed by atoms with E-state index in [0.717, 1.165) is 0 Å². The minimum absolute atomic E-state index is 0.0119. The molecule has 142 valence electrons. The molecular formula is C19H15N3O4S2. The van der Waals surface area contributed by atoms with E-state index in [9.17, 15) is 9.59 Å². The van der Waals surface area contributed by atoms with Gasteiger partial charge in [0.15, 0.2) is 21.6 Å². The molecule has 4 rings (SSSR count). The van der Waals surface area contributed by atoms with Gasteiger partial charge in [-0.15, -0.1) is 10.2 Å². The topological polar surface area (TPSA) is 90.4 Å². The van der Waals surface area contributed by atoms with E-state index >= 15 is 0 Å². The number of carbonyl (C=O) groups is 2. The number of hydrogen-bond acceptors (Lipinski definition) is 8. The molecule has 1 atom stereocenters. The molecule has 2 aromatic carbocycles. The maximum atomic E-state index is 12.4. The van der Waals surface area contributed by atoms with Crippen LogP contribution < -0.4 is 14.8 Å². The van der Waals surface area contributed by atoms with Crippen LogP contribution in [0.15, 0.2) is 58.9 Å². The number of benzene rings is 2. The van der Waals surface area contributed by atoms with Crippen LogP contribution in [-0.4, -0.2) is 40.4 Å². The molecular weight excluding hydrogens is 398 g/mol. The van der Waals surface area contributed by atoms with Crippen molar-refractivity contribution in [2.75, 3.05) is 17.7 Å². The number of carbonyl (C=O) groups excluding carboxylic acids is 2. The Balaban J connectivity index is 1.31. The van der Waals surface area contributed by atoms with E-state index < -0.39 is 6.10 Å². The second-order valence-corrected chi connectivity index (χ2v) is 8.00. The molecule has 0 saturated carbocycles. The van der Waals surface area contributed by atoms with Crippen LogP contribution >= 0.6 is 23.1 Å². The molecule has 0 spiro atoms. The Kier molecular flexibility index (Phi) is 5.54. The largest absolute Gasteiger partial charge is 0.485 e. The minimum Gasteiger partial charge on any atom is -0.485 e. The van der Waals surface area contributed by atoms with Crippen molar-refractivity contribution in [1.82, 2.24) is 10.2 Å². The highest BCUT2D eigenvalue weighted by Crippen LogP contribution is 2.31. The fourth-order valence-electron chi connectivity index (χ4n) is 2.49. The summed E-state index contributed by atoms with van der Waals surface area (Å²) in [4.78, 5) is 24.5. The number of fused-ring (bicyclic) bond motifs is 1. The zero-order valence-electron chi connectivity index (χ0n) is 14.5. The Labute approximate surface area is 169 Å². The van der Waals surface area contributed by atoms with Crippen molar-refractivity contribution in [3.63, 3.8) is 0 Å². The van der Waals surface area contributed by atoms with Crippen LogP contribution in [0.25, 0.3) is 0 Å². The second kappa shape index (κ2) is 8.41. The average Bonchev–Trinajstić information content (AvgIpc) is 3.19. The molecule has 2 heterocycles. The van der Waals surface area contributed by atoms with Gasteiger partial charge in [-0.2, -0.15) is 0 Å². The third-order valence-electron chi connectivity index (χ3n) is 3.86. The van der Waals surface area contributed by atoms with Gasteiger partial charge < -0.3 is 9.47 Å². The molecule has 0 aliphatic carbocycles. The molecule has 28 heavy (non-hydrogen) atoms. The third-order valence-corrected chi connectivity index (χ3v) is 5.83. The van der Waals surface area contributed by atoms with Crippen LogP contribution in [0.2, 0.25) is 0 Å². The number of ketones is 1. The lowest BCUT2D eigenvalue weighted by atomic mass is 10.2. The molecule has 0 bridgehead atoms. The van der Waals surface area contributed by atoms with Crippen molar-refractivity contribution < 1.29 is 19.1 Å². The summed E-state index contributed by atoms with van der Waals surface area (Å²) in [5.41, 5.74) is 0.655. The lowest BCUT2D eigenvalue weighted by Crippen LogP contribution is -2.40. The van der Waals surface area contributed by atoms with E-state index in [1.165, 1.54) is 23.1 Å². The summed E-state index contributed by atoms with van der Waals surface area (Å²) in [5, 5.41) is 11.0. The smallest absolute Gasteiger partial charge is 0.270 e. The van der Waals surface area contributed by atoms with Crippen LogP contribution in [0.1, 0.15) is 10.4 Å². The van der Waals surface area contributed by atoms with Gasteiger partial charge in [0.05, 0.1) is 5.75 Å². The maximum absolute atomic E-state index is 12.4. The highest BCUT2D eigenvalue weighted by atomic mass is 32.2. The van der Waals surface area contributed by atoms with Crippen LogP contribution in [0.5, 0.6) is 11.5 Å². The Hall–Kier alpha value is -2.91. The summed E-state index contributed by atoms with van der Waals surface area (Å²) in [7, 11) is 0. The quantitative estimate of drug-likeness (QED) is 0.377. The first-order valence-electron chi connectivity index (χ1n) is 8.43. The third kappa shape index (κ3) is 4.32. The summed E-state index contributed by atoms with van der Waals surface area (Å²) in [6.07, 6.45) is -0.769. The van der Waals surface area contributed by atoms with Gasteiger partial charge in [-0.05, 0) is 12.1 Å². The minimum atomic E-state index is -0.769. The van der Waals surface area contributed by atoms with E-state index in [0.29, 0.717) is 26.5 Å². The summed E-state index contributed by atoms with van der Waals surface area (Å²) < 4.78 is 11.8. The summed E-state index contributed by atoms with van der Waals surface area (Å²) in [6.45, 7) is 0.120. The molecule has 0 unspecified atom stereocenters. The first-order chi connectivity index (χ1) is 13.7. The Morgan fingerprint density at radius 1 is 1.07 bits per heavy atom. The Morgan fingerprint density at radius 2 is 1.82 bits per heavy atom. The molecule has 3 aromatic rings. The number of nitrogens with zero attached hydrogens (tertiary/aromatic N) is 2. The van der Waals surface area contributed by atoms with E-state index in [2.05, 4.69) is 15.5 Å². The molecule has 0 fully saturated rings. The van der Waals surface area contributed by atoms with Gasteiger partial charge in [0, 0.05) is 5.56 Å². The Morgan fingerprint density at radius 3 is 2.64 bits per heavy atom. The molecule has 1 aromatic heterocycles. The van der Waals surface area contributed by atoms with Gasteiger partial charge in [-0.25, -0.2) is 0 Å². The van der Waals surface area contributed by atoms with Crippen molar-refractivity contribution in [2.45, 2.75) is 10.4 Å². The molecule has 1 aliphatic heterocycles.